The van der Waals surface area contributed by atoms with Gasteiger partial charge in [0, 0.05) is 18.0 Å². The Kier molecular flexibility index (Phi) is 3.64. The number of rotatable bonds is 3. The lowest BCUT2D eigenvalue weighted by molar-refractivity contribution is -0.00219. The van der Waals surface area contributed by atoms with E-state index in [-0.39, 0.29) is 11.1 Å². The van der Waals surface area contributed by atoms with Crippen LogP contribution in [0.3, 0.4) is 0 Å². The highest BCUT2D eigenvalue weighted by atomic mass is 32.2. The summed E-state index contributed by atoms with van der Waals surface area (Å²) >= 11 is 1.08. The van der Waals surface area contributed by atoms with Gasteiger partial charge in [-0.3, -0.25) is 4.98 Å². The van der Waals surface area contributed by atoms with Gasteiger partial charge < -0.3 is 0 Å². The summed E-state index contributed by atoms with van der Waals surface area (Å²) in [6, 6.07) is 2.97. The zero-order valence-electron chi connectivity index (χ0n) is 8.37. The van der Waals surface area contributed by atoms with Crippen molar-refractivity contribution in [3.63, 3.8) is 0 Å². The monoisotopic (exact) mass is 228 g/mol. The minimum atomic E-state index is -2.96. The first-order valence-corrected chi connectivity index (χ1v) is 5.57. The smallest absolute Gasteiger partial charge is 0.263 e. The summed E-state index contributed by atoms with van der Waals surface area (Å²) in [5.41, 5.74) is -0.0520. The Bertz CT molecular complexity index is 387. The van der Waals surface area contributed by atoms with Crippen molar-refractivity contribution in [1.82, 2.24) is 4.98 Å². The summed E-state index contributed by atoms with van der Waals surface area (Å²) in [6.45, 7) is 1.45. The number of hydrogen-bond donors (Lipinski definition) is 0. The maximum absolute atomic E-state index is 13.7. The minimum absolute atomic E-state index is 0.153. The van der Waals surface area contributed by atoms with Crippen LogP contribution in [0.4, 0.5) is 8.78 Å². The summed E-state index contributed by atoms with van der Waals surface area (Å²) < 4.78 is 27.4. The van der Waals surface area contributed by atoms with E-state index in [4.69, 9.17) is 5.26 Å². The molecule has 0 saturated carbocycles. The van der Waals surface area contributed by atoms with Crippen molar-refractivity contribution < 1.29 is 8.78 Å². The van der Waals surface area contributed by atoms with Gasteiger partial charge >= 0.3 is 0 Å². The van der Waals surface area contributed by atoms with Crippen molar-refractivity contribution in [2.24, 2.45) is 0 Å². The molecular weight excluding hydrogens is 218 g/mol. The molecule has 80 valence electrons. The number of hydrogen-bond acceptors (Lipinski definition) is 3. The third-order valence-electron chi connectivity index (χ3n) is 2.12. The number of aromatic nitrogens is 1. The molecule has 0 N–H and O–H groups in total. The van der Waals surface area contributed by atoms with Crippen LogP contribution in [0.2, 0.25) is 0 Å². The Hall–Kier alpha value is -1.15. The highest BCUT2D eigenvalue weighted by molar-refractivity contribution is 7.99. The lowest BCUT2D eigenvalue weighted by Crippen LogP contribution is -2.25. The Labute approximate surface area is 91.3 Å². The van der Waals surface area contributed by atoms with Crippen molar-refractivity contribution in [1.29, 1.82) is 5.26 Å². The molecule has 0 aromatic carbocycles. The second kappa shape index (κ2) is 4.58. The molecule has 0 bridgehead atoms. The van der Waals surface area contributed by atoms with Crippen molar-refractivity contribution in [3.05, 3.63) is 29.6 Å². The van der Waals surface area contributed by atoms with Crippen LogP contribution in [0.15, 0.2) is 18.5 Å². The predicted molar refractivity (Wildman–Crippen MR) is 55.8 cm³/mol. The summed E-state index contributed by atoms with van der Waals surface area (Å²) in [5, 5.41) is 7.74. The van der Waals surface area contributed by atoms with Crippen molar-refractivity contribution >= 4 is 11.8 Å². The number of nitriles is 1. The topological polar surface area (TPSA) is 36.7 Å². The number of nitrogens with zero attached hydrogens (tertiary/aromatic N) is 2. The molecule has 0 aliphatic carbocycles. The molecule has 1 unspecified atom stereocenters. The highest BCUT2D eigenvalue weighted by Gasteiger charge is 2.38. The van der Waals surface area contributed by atoms with Crippen LogP contribution < -0.4 is 0 Å². The van der Waals surface area contributed by atoms with E-state index in [2.05, 4.69) is 4.98 Å². The fourth-order valence-electron chi connectivity index (χ4n) is 1.07. The van der Waals surface area contributed by atoms with Gasteiger partial charge in [-0.1, -0.05) is 0 Å². The van der Waals surface area contributed by atoms with E-state index in [1.807, 2.05) is 0 Å². The summed E-state index contributed by atoms with van der Waals surface area (Å²) in [7, 11) is 0. The molecule has 2 nitrogen and oxygen atoms in total. The zero-order valence-corrected chi connectivity index (χ0v) is 9.18. The fraction of sp³-hybridized carbons (Fsp3) is 0.400. The van der Waals surface area contributed by atoms with Gasteiger partial charge in [0.1, 0.15) is 6.07 Å². The fourth-order valence-corrected chi connectivity index (χ4v) is 1.50. The molecule has 0 spiro atoms. The van der Waals surface area contributed by atoms with E-state index >= 15 is 0 Å². The Morgan fingerprint density at radius 3 is 2.73 bits per heavy atom. The molecule has 0 saturated heterocycles. The molecule has 15 heavy (non-hydrogen) atoms. The van der Waals surface area contributed by atoms with Crippen LogP contribution in [0.25, 0.3) is 0 Å². The molecule has 1 atom stereocenters. The van der Waals surface area contributed by atoms with E-state index in [0.29, 0.717) is 0 Å². The number of thioether (sulfide) groups is 1. The number of alkyl halides is 2. The van der Waals surface area contributed by atoms with Gasteiger partial charge in [-0.15, -0.1) is 0 Å². The second-order valence-corrected chi connectivity index (χ2v) is 4.25. The van der Waals surface area contributed by atoms with E-state index in [1.165, 1.54) is 19.2 Å². The minimum Gasteiger partial charge on any atom is -0.263 e. The molecule has 1 aromatic rings. The highest BCUT2D eigenvalue weighted by Crippen LogP contribution is 2.36. The quantitative estimate of drug-likeness (QED) is 0.798. The van der Waals surface area contributed by atoms with Gasteiger partial charge in [0.25, 0.3) is 5.92 Å². The summed E-state index contributed by atoms with van der Waals surface area (Å²) in [6.07, 6.45) is 4.00. The molecule has 0 radical (unpaired) electrons. The average Bonchev–Trinajstić information content (AvgIpc) is 2.27. The van der Waals surface area contributed by atoms with Gasteiger partial charge in [-0.25, -0.2) is 8.78 Å². The Morgan fingerprint density at radius 2 is 2.20 bits per heavy atom. The molecule has 1 heterocycles. The zero-order chi connectivity index (χ0) is 11.5. The van der Waals surface area contributed by atoms with Gasteiger partial charge in [-0.2, -0.15) is 17.0 Å². The van der Waals surface area contributed by atoms with Crippen LogP contribution in [0.5, 0.6) is 0 Å². The van der Waals surface area contributed by atoms with Gasteiger partial charge in [0.05, 0.1) is 10.8 Å². The lowest BCUT2D eigenvalue weighted by atomic mass is 10.1. The van der Waals surface area contributed by atoms with Crippen LogP contribution >= 0.6 is 11.8 Å². The standard InChI is InChI=1S/C10H10F2N2S/c1-7(15-2)10(11,12)9-3-8(4-13)5-14-6-9/h3,5-7H,1-2H3. The molecule has 1 rings (SSSR count). The van der Waals surface area contributed by atoms with Crippen molar-refractivity contribution in [3.8, 4) is 6.07 Å². The van der Waals surface area contributed by atoms with Gasteiger partial charge in [0.2, 0.25) is 0 Å². The number of pyridine rings is 1. The third kappa shape index (κ3) is 2.45. The predicted octanol–water partition coefficient (Wildman–Crippen LogP) is 2.80. The average molecular weight is 228 g/mol. The normalized spacial score (nSPS) is 13.3. The Morgan fingerprint density at radius 1 is 1.53 bits per heavy atom. The van der Waals surface area contributed by atoms with Crippen LogP contribution in [-0.2, 0) is 5.92 Å². The van der Waals surface area contributed by atoms with Gasteiger partial charge in [-0.05, 0) is 19.2 Å². The first kappa shape index (κ1) is 11.9. The molecule has 5 heteroatoms. The van der Waals surface area contributed by atoms with Crippen LogP contribution in [-0.4, -0.2) is 16.5 Å². The summed E-state index contributed by atoms with van der Waals surface area (Å²) in [5.74, 6) is -2.96. The van der Waals surface area contributed by atoms with Crippen molar-refractivity contribution in [2.75, 3.05) is 6.26 Å². The largest absolute Gasteiger partial charge is 0.286 e. The van der Waals surface area contributed by atoms with Crippen LogP contribution in [0.1, 0.15) is 18.1 Å². The van der Waals surface area contributed by atoms with E-state index in [0.717, 1.165) is 18.0 Å². The molecule has 0 fully saturated rings. The molecule has 0 aliphatic rings. The van der Waals surface area contributed by atoms with E-state index in [9.17, 15) is 8.78 Å². The van der Waals surface area contributed by atoms with Crippen LogP contribution in [0, 0.1) is 11.3 Å². The first-order valence-electron chi connectivity index (χ1n) is 4.28. The maximum Gasteiger partial charge on any atom is 0.286 e. The molecule has 0 aliphatic heterocycles. The maximum atomic E-state index is 13.7. The third-order valence-corrected chi connectivity index (χ3v) is 3.12. The Balaban J connectivity index is 3.10. The second-order valence-electron chi connectivity index (χ2n) is 3.07. The van der Waals surface area contributed by atoms with E-state index < -0.39 is 11.2 Å². The molecular formula is C10H10F2N2S. The molecule has 1 aromatic heterocycles. The van der Waals surface area contributed by atoms with Crippen molar-refractivity contribution in [2.45, 2.75) is 18.1 Å². The summed E-state index contributed by atoms with van der Waals surface area (Å²) in [4.78, 5) is 3.63. The van der Waals surface area contributed by atoms with Gasteiger partial charge in [0.15, 0.2) is 0 Å². The first-order chi connectivity index (χ1) is 7.02. The lowest BCUT2D eigenvalue weighted by Gasteiger charge is -2.21. The number of halogens is 2. The SMILES string of the molecule is CSC(C)C(F)(F)c1cncc(C#N)c1. The molecule has 0 amide bonds. The van der Waals surface area contributed by atoms with E-state index in [1.54, 1.807) is 12.3 Å².